The highest BCUT2D eigenvalue weighted by molar-refractivity contribution is 7.18. The predicted octanol–water partition coefficient (Wildman–Crippen LogP) is 2.73. The number of fused-ring (bicyclic) bond motifs is 1. The van der Waals surface area contributed by atoms with Gasteiger partial charge in [-0.2, -0.15) is 0 Å². The molecular weight excluding hydrogens is 378 g/mol. The fraction of sp³-hybridized carbons (Fsp3) is 0.350. The van der Waals surface area contributed by atoms with E-state index in [9.17, 15) is 9.59 Å². The van der Waals surface area contributed by atoms with E-state index in [1.54, 1.807) is 27.2 Å². The van der Waals surface area contributed by atoms with E-state index in [0.717, 1.165) is 16.0 Å². The molecule has 0 spiro atoms. The molecule has 0 saturated heterocycles. The lowest BCUT2D eigenvalue weighted by atomic mass is 10.1. The Morgan fingerprint density at radius 3 is 2.54 bits per heavy atom. The minimum atomic E-state index is -0.806. The maximum Gasteiger partial charge on any atom is 0.263 e. The number of carbonyl (C=O) groups excluding carboxylic acids is 1. The van der Waals surface area contributed by atoms with Crippen molar-refractivity contribution in [2.75, 3.05) is 14.2 Å². The van der Waals surface area contributed by atoms with Crippen LogP contribution >= 0.6 is 11.3 Å². The number of benzene rings is 1. The smallest absolute Gasteiger partial charge is 0.263 e. The Hall–Kier alpha value is -2.87. The standard InChI is InChI=1S/C20H23N3O4S/c1-10-12(3)28-19-17(10)20(25)23(11(2)18(21)24)16(22-19)9-13-6-7-14(26-4)15(8-13)27-5/h6-8,11H,9H2,1-5H3,(H2,21,24). The van der Waals surface area contributed by atoms with Crippen LogP contribution in [0.3, 0.4) is 0 Å². The summed E-state index contributed by atoms with van der Waals surface area (Å²) in [6.45, 7) is 5.46. The number of methoxy groups -OCH3 is 2. The zero-order valence-corrected chi connectivity index (χ0v) is 17.3. The third-order valence-electron chi connectivity index (χ3n) is 4.92. The Balaban J connectivity index is 2.20. The third-order valence-corrected chi connectivity index (χ3v) is 6.02. The Morgan fingerprint density at radius 2 is 1.93 bits per heavy atom. The van der Waals surface area contributed by atoms with Gasteiger partial charge >= 0.3 is 0 Å². The van der Waals surface area contributed by atoms with Crippen LogP contribution in [0.5, 0.6) is 11.5 Å². The normalized spacial score (nSPS) is 12.2. The molecular formula is C20H23N3O4S. The molecule has 0 fully saturated rings. The summed E-state index contributed by atoms with van der Waals surface area (Å²) in [5.74, 6) is 1.10. The molecule has 0 saturated carbocycles. The number of aryl methyl sites for hydroxylation is 2. The molecule has 0 radical (unpaired) electrons. The molecule has 2 heterocycles. The average Bonchev–Trinajstić information content (AvgIpc) is 2.95. The van der Waals surface area contributed by atoms with Gasteiger partial charge in [0.2, 0.25) is 5.91 Å². The van der Waals surface area contributed by atoms with Crippen molar-refractivity contribution < 1.29 is 14.3 Å². The number of hydrogen-bond acceptors (Lipinski definition) is 6. The van der Waals surface area contributed by atoms with Gasteiger partial charge in [0.25, 0.3) is 5.56 Å². The summed E-state index contributed by atoms with van der Waals surface area (Å²) < 4.78 is 12.0. The van der Waals surface area contributed by atoms with Crippen LogP contribution in [0.25, 0.3) is 10.2 Å². The maximum atomic E-state index is 13.2. The summed E-state index contributed by atoms with van der Waals surface area (Å²) in [7, 11) is 3.13. The number of thiophene rings is 1. The number of amides is 1. The lowest BCUT2D eigenvalue weighted by molar-refractivity contribution is -0.120. The van der Waals surface area contributed by atoms with Gasteiger partial charge in [0.1, 0.15) is 16.7 Å². The quantitative estimate of drug-likeness (QED) is 0.685. The number of primary amides is 1. The SMILES string of the molecule is COc1ccc(Cc2nc3sc(C)c(C)c3c(=O)n2C(C)C(N)=O)cc1OC. The minimum Gasteiger partial charge on any atom is -0.493 e. The topological polar surface area (TPSA) is 96.4 Å². The van der Waals surface area contributed by atoms with Crippen molar-refractivity contribution in [3.63, 3.8) is 0 Å². The van der Waals surface area contributed by atoms with E-state index in [-0.39, 0.29) is 5.56 Å². The molecule has 148 valence electrons. The predicted molar refractivity (Wildman–Crippen MR) is 110 cm³/mol. The summed E-state index contributed by atoms with van der Waals surface area (Å²) in [6, 6.07) is 4.70. The van der Waals surface area contributed by atoms with E-state index in [4.69, 9.17) is 20.2 Å². The molecule has 8 heteroatoms. The van der Waals surface area contributed by atoms with Crippen molar-refractivity contribution in [3.8, 4) is 11.5 Å². The van der Waals surface area contributed by atoms with Crippen LogP contribution in [0.1, 0.15) is 34.8 Å². The fourth-order valence-corrected chi connectivity index (χ4v) is 4.21. The molecule has 0 aliphatic rings. The summed E-state index contributed by atoms with van der Waals surface area (Å²) in [5, 5.41) is 0.548. The van der Waals surface area contributed by atoms with E-state index in [1.807, 2.05) is 26.0 Å². The Labute approximate surface area is 166 Å². The van der Waals surface area contributed by atoms with Gasteiger partial charge in [-0.1, -0.05) is 6.07 Å². The highest BCUT2D eigenvalue weighted by Gasteiger charge is 2.22. The van der Waals surface area contributed by atoms with Gasteiger partial charge in [0.05, 0.1) is 19.6 Å². The first-order chi connectivity index (χ1) is 13.3. The largest absolute Gasteiger partial charge is 0.493 e. The number of nitrogens with zero attached hydrogens (tertiary/aromatic N) is 2. The van der Waals surface area contributed by atoms with E-state index in [1.165, 1.54) is 15.9 Å². The zero-order chi connectivity index (χ0) is 20.6. The van der Waals surface area contributed by atoms with Gasteiger partial charge in [0.15, 0.2) is 11.5 Å². The molecule has 3 aromatic rings. The number of aromatic nitrogens is 2. The first-order valence-electron chi connectivity index (χ1n) is 8.79. The molecule has 0 aliphatic carbocycles. The number of hydrogen-bond donors (Lipinski definition) is 1. The van der Waals surface area contributed by atoms with Gasteiger partial charge < -0.3 is 15.2 Å². The van der Waals surface area contributed by atoms with Gasteiger partial charge in [0, 0.05) is 11.3 Å². The summed E-state index contributed by atoms with van der Waals surface area (Å²) in [6.07, 6.45) is 0.346. The molecule has 7 nitrogen and oxygen atoms in total. The Morgan fingerprint density at radius 1 is 1.25 bits per heavy atom. The van der Waals surface area contributed by atoms with Crippen molar-refractivity contribution in [2.24, 2.45) is 5.73 Å². The summed E-state index contributed by atoms with van der Waals surface area (Å²) >= 11 is 1.47. The summed E-state index contributed by atoms with van der Waals surface area (Å²) in [5.41, 5.74) is 7.03. The van der Waals surface area contributed by atoms with Gasteiger partial charge in [-0.15, -0.1) is 11.3 Å². The van der Waals surface area contributed by atoms with E-state index >= 15 is 0 Å². The number of ether oxygens (including phenoxy) is 2. The van der Waals surface area contributed by atoms with Crippen molar-refractivity contribution in [2.45, 2.75) is 33.2 Å². The molecule has 2 N–H and O–H groups in total. The Bertz CT molecular complexity index is 1120. The second-order valence-electron chi connectivity index (χ2n) is 6.61. The lowest BCUT2D eigenvalue weighted by Crippen LogP contribution is -2.35. The van der Waals surface area contributed by atoms with Crippen LogP contribution in [0, 0.1) is 13.8 Å². The molecule has 3 rings (SSSR count). The van der Waals surface area contributed by atoms with Gasteiger partial charge in [-0.3, -0.25) is 14.2 Å². The van der Waals surface area contributed by atoms with Crippen LogP contribution in [0.15, 0.2) is 23.0 Å². The molecule has 1 unspecified atom stereocenters. The van der Waals surface area contributed by atoms with Crippen molar-refractivity contribution in [1.29, 1.82) is 0 Å². The minimum absolute atomic E-state index is 0.242. The number of carbonyl (C=O) groups is 1. The van der Waals surface area contributed by atoms with Crippen LogP contribution < -0.4 is 20.8 Å². The summed E-state index contributed by atoms with van der Waals surface area (Å²) in [4.78, 5) is 31.5. The van der Waals surface area contributed by atoms with E-state index in [0.29, 0.717) is 34.0 Å². The molecule has 1 atom stereocenters. The van der Waals surface area contributed by atoms with Gasteiger partial charge in [-0.25, -0.2) is 4.98 Å². The third kappa shape index (κ3) is 3.35. The van der Waals surface area contributed by atoms with E-state index < -0.39 is 11.9 Å². The average molecular weight is 401 g/mol. The van der Waals surface area contributed by atoms with Crippen molar-refractivity contribution >= 4 is 27.5 Å². The number of nitrogens with two attached hydrogens (primary N) is 1. The maximum absolute atomic E-state index is 13.2. The monoisotopic (exact) mass is 401 g/mol. The van der Waals surface area contributed by atoms with Crippen LogP contribution in [0.2, 0.25) is 0 Å². The Kier molecular flexibility index (Phi) is 5.42. The lowest BCUT2D eigenvalue weighted by Gasteiger charge is -2.17. The van der Waals surface area contributed by atoms with Crippen molar-refractivity contribution in [3.05, 3.63) is 50.4 Å². The van der Waals surface area contributed by atoms with Crippen LogP contribution in [0.4, 0.5) is 0 Å². The molecule has 0 bridgehead atoms. The highest BCUT2D eigenvalue weighted by Crippen LogP contribution is 2.30. The molecule has 1 aromatic carbocycles. The molecule has 1 amide bonds. The zero-order valence-electron chi connectivity index (χ0n) is 16.5. The number of rotatable bonds is 6. The van der Waals surface area contributed by atoms with Crippen molar-refractivity contribution in [1.82, 2.24) is 9.55 Å². The second-order valence-corrected chi connectivity index (χ2v) is 7.81. The van der Waals surface area contributed by atoms with E-state index in [2.05, 4.69) is 0 Å². The fourth-order valence-electron chi connectivity index (χ4n) is 3.17. The highest BCUT2D eigenvalue weighted by atomic mass is 32.1. The molecule has 2 aromatic heterocycles. The first kappa shape index (κ1) is 19.9. The molecule has 28 heavy (non-hydrogen) atoms. The molecule has 0 aliphatic heterocycles. The first-order valence-corrected chi connectivity index (χ1v) is 9.61. The van der Waals surface area contributed by atoms with Crippen LogP contribution in [-0.4, -0.2) is 29.7 Å². The second kappa shape index (κ2) is 7.63. The van der Waals surface area contributed by atoms with Gasteiger partial charge in [-0.05, 0) is 44.0 Å². The van der Waals surface area contributed by atoms with Crippen LogP contribution in [-0.2, 0) is 11.2 Å².